The Morgan fingerprint density at radius 1 is 1.33 bits per heavy atom. The van der Waals surface area contributed by atoms with Crippen LogP contribution in [0.25, 0.3) is 0 Å². The maximum Gasteiger partial charge on any atom is 0.222 e. The zero-order valence-electron chi connectivity index (χ0n) is 7.29. The summed E-state index contributed by atoms with van der Waals surface area (Å²) >= 11 is 0. The molecule has 12 heavy (non-hydrogen) atoms. The van der Waals surface area contributed by atoms with Crippen LogP contribution in [0.5, 0.6) is 0 Å². The van der Waals surface area contributed by atoms with E-state index in [1.54, 1.807) is 0 Å². The summed E-state index contributed by atoms with van der Waals surface area (Å²) in [5.41, 5.74) is 0. The van der Waals surface area contributed by atoms with Crippen molar-refractivity contribution in [3.05, 3.63) is 0 Å². The van der Waals surface area contributed by atoms with Crippen LogP contribution in [-0.4, -0.2) is 30.2 Å². The third-order valence-corrected chi connectivity index (χ3v) is 2.17. The fourth-order valence-electron chi connectivity index (χ4n) is 1.46. The minimum absolute atomic E-state index is 0.217. The summed E-state index contributed by atoms with van der Waals surface area (Å²) in [6.07, 6.45) is 4.91. The summed E-state index contributed by atoms with van der Waals surface area (Å²) in [6, 6.07) is 0. The van der Waals surface area contributed by atoms with E-state index >= 15 is 0 Å². The molecule has 1 fully saturated rings. The number of carbonyl (C=O) groups excluding carboxylic acids is 2. The van der Waals surface area contributed by atoms with E-state index in [0.717, 1.165) is 32.2 Å². The van der Waals surface area contributed by atoms with Gasteiger partial charge in [-0.3, -0.25) is 4.79 Å². The highest BCUT2D eigenvalue weighted by Crippen LogP contribution is 2.09. The minimum atomic E-state index is 0.217. The summed E-state index contributed by atoms with van der Waals surface area (Å²) in [4.78, 5) is 23.2. The molecule has 0 saturated carbocycles. The van der Waals surface area contributed by atoms with Crippen LogP contribution in [-0.2, 0) is 9.59 Å². The molecule has 1 aliphatic heterocycles. The second-order valence-corrected chi connectivity index (χ2v) is 3.15. The van der Waals surface area contributed by atoms with Crippen LogP contribution in [0.3, 0.4) is 0 Å². The van der Waals surface area contributed by atoms with Crippen molar-refractivity contribution in [1.82, 2.24) is 4.90 Å². The van der Waals surface area contributed by atoms with Crippen LogP contribution in [0.1, 0.15) is 32.1 Å². The van der Waals surface area contributed by atoms with Crippen molar-refractivity contribution in [2.45, 2.75) is 32.1 Å². The normalized spacial score (nSPS) is 16.5. The first-order valence-electron chi connectivity index (χ1n) is 4.56. The Bertz CT molecular complexity index is 162. The standard InChI is InChI=1S/C9H15NO2/c11-8-4-1-5-9(12)10-6-2-3-7-10/h8H,1-7H2. The number of hydrogen-bond acceptors (Lipinski definition) is 2. The van der Waals surface area contributed by atoms with Gasteiger partial charge in [-0.05, 0) is 19.3 Å². The molecular weight excluding hydrogens is 154 g/mol. The van der Waals surface area contributed by atoms with Crippen LogP contribution < -0.4 is 0 Å². The number of unbranched alkanes of at least 4 members (excludes halogenated alkanes) is 1. The molecule has 0 aromatic heterocycles. The highest BCUT2D eigenvalue weighted by Gasteiger charge is 2.16. The summed E-state index contributed by atoms with van der Waals surface area (Å²) < 4.78 is 0. The van der Waals surface area contributed by atoms with Gasteiger partial charge in [-0.15, -0.1) is 0 Å². The van der Waals surface area contributed by atoms with Crippen LogP contribution in [0.2, 0.25) is 0 Å². The van der Waals surface area contributed by atoms with E-state index in [4.69, 9.17) is 0 Å². The van der Waals surface area contributed by atoms with Gasteiger partial charge in [0.1, 0.15) is 6.29 Å². The van der Waals surface area contributed by atoms with Gasteiger partial charge < -0.3 is 9.69 Å². The molecule has 0 aromatic rings. The van der Waals surface area contributed by atoms with E-state index in [9.17, 15) is 9.59 Å². The lowest BCUT2D eigenvalue weighted by Crippen LogP contribution is -2.27. The number of rotatable bonds is 4. The van der Waals surface area contributed by atoms with Crippen LogP contribution in [0.15, 0.2) is 0 Å². The molecule has 1 rings (SSSR count). The monoisotopic (exact) mass is 169 g/mol. The number of aldehydes is 1. The Balaban J connectivity index is 2.14. The largest absolute Gasteiger partial charge is 0.343 e. The summed E-state index contributed by atoms with van der Waals surface area (Å²) in [5.74, 6) is 0.217. The van der Waals surface area contributed by atoms with Gasteiger partial charge in [-0.25, -0.2) is 0 Å². The fraction of sp³-hybridized carbons (Fsp3) is 0.778. The quantitative estimate of drug-likeness (QED) is 0.464. The molecule has 0 atom stereocenters. The molecule has 0 bridgehead atoms. The molecule has 0 radical (unpaired) electrons. The van der Waals surface area contributed by atoms with Gasteiger partial charge >= 0.3 is 0 Å². The first-order chi connectivity index (χ1) is 5.84. The molecule has 0 aromatic carbocycles. The number of carbonyl (C=O) groups is 2. The minimum Gasteiger partial charge on any atom is -0.343 e. The van der Waals surface area contributed by atoms with Crippen molar-refractivity contribution >= 4 is 12.2 Å². The topological polar surface area (TPSA) is 37.4 Å². The zero-order chi connectivity index (χ0) is 8.81. The zero-order valence-corrected chi connectivity index (χ0v) is 7.29. The molecule has 0 aliphatic carbocycles. The predicted octanol–water partition coefficient (Wildman–Crippen LogP) is 0.978. The van der Waals surface area contributed by atoms with E-state index in [1.807, 2.05) is 4.90 Å². The smallest absolute Gasteiger partial charge is 0.222 e. The second-order valence-electron chi connectivity index (χ2n) is 3.15. The predicted molar refractivity (Wildman–Crippen MR) is 45.7 cm³/mol. The van der Waals surface area contributed by atoms with Crippen molar-refractivity contribution in [3.8, 4) is 0 Å². The number of likely N-dealkylation sites (tertiary alicyclic amines) is 1. The van der Waals surface area contributed by atoms with Crippen molar-refractivity contribution < 1.29 is 9.59 Å². The van der Waals surface area contributed by atoms with Gasteiger partial charge in [0.15, 0.2) is 0 Å². The molecular formula is C9H15NO2. The van der Waals surface area contributed by atoms with Crippen molar-refractivity contribution in [2.75, 3.05) is 13.1 Å². The number of hydrogen-bond donors (Lipinski definition) is 0. The van der Waals surface area contributed by atoms with E-state index in [0.29, 0.717) is 19.3 Å². The van der Waals surface area contributed by atoms with Crippen LogP contribution in [0, 0.1) is 0 Å². The summed E-state index contributed by atoms with van der Waals surface area (Å²) in [7, 11) is 0. The van der Waals surface area contributed by atoms with Gasteiger partial charge in [-0.2, -0.15) is 0 Å². The van der Waals surface area contributed by atoms with Gasteiger partial charge in [0, 0.05) is 25.9 Å². The Hall–Kier alpha value is -0.860. The van der Waals surface area contributed by atoms with E-state index in [-0.39, 0.29) is 5.91 Å². The molecule has 1 aliphatic rings. The average Bonchev–Trinajstić information content (AvgIpc) is 2.56. The maximum atomic E-state index is 11.3. The van der Waals surface area contributed by atoms with Crippen LogP contribution in [0.4, 0.5) is 0 Å². The van der Waals surface area contributed by atoms with E-state index < -0.39 is 0 Å². The fourth-order valence-corrected chi connectivity index (χ4v) is 1.46. The third-order valence-electron chi connectivity index (χ3n) is 2.17. The first-order valence-corrected chi connectivity index (χ1v) is 4.56. The molecule has 3 heteroatoms. The Kier molecular flexibility index (Phi) is 3.77. The number of nitrogens with zero attached hydrogens (tertiary/aromatic N) is 1. The third kappa shape index (κ3) is 2.64. The van der Waals surface area contributed by atoms with Gasteiger partial charge in [0.25, 0.3) is 0 Å². The molecule has 1 saturated heterocycles. The molecule has 1 amide bonds. The highest BCUT2D eigenvalue weighted by atomic mass is 16.2. The molecule has 0 N–H and O–H groups in total. The molecule has 1 heterocycles. The lowest BCUT2D eigenvalue weighted by Gasteiger charge is -2.14. The van der Waals surface area contributed by atoms with E-state index in [2.05, 4.69) is 0 Å². The number of amides is 1. The first kappa shape index (κ1) is 9.23. The van der Waals surface area contributed by atoms with Crippen LogP contribution >= 0.6 is 0 Å². The Morgan fingerprint density at radius 3 is 2.58 bits per heavy atom. The Labute approximate surface area is 72.7 Å². The van der Waals surface area contributed by atoms with E-state index in [1.165, 1.54) is 0 Å². The highest BCUT2D eigenvalue weighted by molar-refractivity contribution is 5.76. The van der Waals surface area contributed by atoms with Gasteiger partial charge in [-0.1, -0.05) is 0 Å². The average molecular weight is 169 g/mol. The Morgan fingerprint density at radius 2 is 2.00 bits per heavy atom. The maximum absolute atomic E-state index is 11.3. The molecule has 0 spiro atoms. The second kappa shape index (κ2) is 4.91. The lowest BCUT2D eigenvalue weighted by atomic mass is 10.2. The molecule has 0 unspecified atom stereocenters. The molecule has 68 valence electrons. The van der Waals surface area contributed by atoms with Gasteiger partial charge in [0.05, 0.1) is 0 Å². The van der Waals surface area contributed by atoms with Gasteiger partial charge in [0.2, 0.25) is 5.91 Å². The van der Waals surface area contributed by atoms with Crippen molar-refractivity contribution in [1.29, 1.82) is 0 Å². The summed E-state index contributed by atoms with van der Waals surface area (Å²) in [5, 5.41) is 0. The summed E-state index contributed by atoms with van der Waals surface area (Å²) in [6.45, 7) is 1.83. The SMILES string of the molecule is O=CCCCC(=O)N1CCCC1. The van der Waals surface area contributed by atoms with Crippen molar-refractivity contribution in [2.24, 2.45) is 0 Å². The van der Waals surface area contributed by atoms with Crippen molar-refractivity contribution in [3.63, 3.8) is 0 Å². The lowest BCUT2D eigenvalue weighted by molar-refractivity contribution is -0.130. The molecule has 3 nitrogen and oxygen atoms in total.